The third-order valence-corrected chi connectivity index (χ3v) is 5.78. The van der Waals surface area contributed by atoms with E-state index in [4.69, 9.17) is 27.9 Å². The van der Waals surface area contributed by atoms with E-state index in [2.05, 4.69) is 15.3 Å². The van der Waals surface area contributed by atoms with E-state index in [-0.39, 0.29) is 5.91 Å². The standard InChI is InChI=1S/C23H24Cl2N4O2/c24-17-6-8-18(9-7-17)29-22(16-21(27-29)19-4-1-2-5-20(19)25)23(30)26-10-3-11-28-12-14-31-15-13-28/h1-2,4-9,16H,3,10-15H2,(H,26,30). The lowest BCUT2D eigenvalue weighted by molar-refractivity contribution is 0.0374. The molecule has 1 saturated heterocycles. The van der Waals surface area contributed by atoms with Gasteiger partial charge in [-0.2, -0.15) is 5.10 Å². The summed E-state index contributed by atoms with van der Waals surface area (Å²) in [6.45, 7) is 4.96. The van der Waals surface area contributed by atoms with Crippen LogP contribution in [0.4, 0.5) is 0 Å². The molecule has 1 aromatic heterocycles. The van der Waals surface area contributed by atoms with Gasteiger partial charge < -0.3 is 10.1 Å². The molecular weight excluding hydrogens is 435 g/mol. The third kappa shape index (κ3) is 5.46. The van der Waals surface area contributed by atoms with Gasteiger partial charge in [0.1, 0.15) is 5.69 Å². The molecule has 1 N–H and O–H groups in total. The molecule has 0 spiro atoms. The van der Waals surface area contributed by atoms with Gasteiger partial charge >= 0.3 is 0 Å². The Morgan fingerprint density at radius 2 is 1.81 bits per heavy atom. The SMILES string of the molecule is O=C(NCCCN1CCOCC1)c1cc(-c2ccccc2Cl)nn1-c1ccc(Cl)cc1. The Balaban J connectivity index is 1.52. The Bertz CT molecular complexity index is 1030. The van der Waals surface area contributed by atoms with Crippen LogP contribution in [0, 0.1) is 0 Å². The largest absolute Gasteiger partial charge is 0.379 e. The van der Waals surface area contributed by atoms with Crippen LogP contribution in [0.25, 0.3) is 16.9 Å². The van der Waals surface area contributed by atoms with Crippen molar-refractivity contribution in [3.05, 3.63) is 70.3 Å². The highest BCUT2D eigenvalue weighted by Gasteiger charge is 2.19. The molecular formula is C23H24Cl2N4O2. The normalized spacial score (nSPS) is 14.5. The fourth-order valence-corrected chi connectivity index (χ4v) is 3.90. The van der Waals surface area contributed by atoms with Gasteiger partial charge in [-0.1, -0.05) is 41.4 Å². The van der Waals surface area contributed by atoms with Crippen molar-refractivity contribution in [2.75, 3.05) is 39.4 Å². The van der Waals surface area contributed by atoms with Crippen LogP contribution in [-0.4, -0.2) is 60.0 Å². The topological polar surface area (TPSA) is 59.4 Å². The second kappa shape index (κ2) is 10.3. The molecule has 3 aromatic rings. The number of carbonyl (C=O) groups is 1. The predicted molar refractivity (Wildman–Crippen MR) is 123 cm³/mol. The van der Waals surface area contributed by atoms with Crippen molar-refractivity contribution in [3.8, 4) is 16.9 Å². The molecule has 31 heavy (non-hydrogen) atoms. The zero-order chi connectivity index (χ0) is 21.6. The minimum atomic E-state index is -0.178. The fourth-order valence-electron chi connectivity index (χ4n) is 3.54. The van der Waals surface area contributed by atoms with Crippen molar-refractivity contribution < 1.29 is 9.53 Å². The van der Waals surface area contributed by atoms with Gasteiger partial charge in [-0.25, -0.2) is 4.68 Å². The Kier molecular flexibility index (Phi) is 7.25. The first-order chi connectivity index (χ1) is 15.1. The van der Waals surface area contributed by atoms with E-state index >= 15 is 0 Å². The summed E-state index contributed by atoms with van der Waals surface area (Å²) in [7, 11) is 0. The summed E-state index contributed by atoms with van der Waals surface area (Å²) < 4.78 is 7.00. The van der Waals surface area contributed by atoms with Crippen molar-refractivity contribution in [3.63, 3.8) is 0 Å². The Hall–Kier alpha value is -2.38. The molecule has 1 aliphatic rings. The lowest BCUT2D eigenvalue weighted by Gasteiger charge is -2.26. The number of benzene rings is 2. The van der Waals surface area contributed by atoms with E-state index in [1.54, 1.807) is 22.9 Å². The number of nitrogens with one attached hydrogen (secondary N) is 1. The average molecular weight is 459 g/mol. The smallest absolute Gasteiger partial charge is 0.270 e. The van der Waals surface area contributed by atoms with Gasteiger partial charge in [-0.3, -0.25) is 9.69 Å². The van der Waals surface area contributed by atoms with Crippen LogP contribution in [0.15, 0.2) is 54.6 Å². The Morgan fingerprint density at radius 3 is 2.55 bits per heavy atom. The van der Waals surface area contributed by atoms with E-state index in [0.29, 0.717) is 28.0 Å². The first-order valence-corrected chi connectivity index (χ1v) is 11.1. The molecule has 6 nitrogen and oxygen atoms in total. The fraction of sp³-hybridized carbons (Fsp3) is 0.304. The highest BCUT2D eigenvalue weighted by Crippen LogP contribution is 2.28. The molecule has 0 unspecified atom stereocenters. The number of hydrogen-bond donors (Lipinski definition) is 1. The summed E-state index contributed by atoms with van der Waals surface area (Å²) in [6, 6.07) is 16.5. The van der Waals surface area contributed by atoms with E-state index in [1.165, 1.54) is 0 Å². The minimum Gasteiger partial charge on any atom is -0.379 e. The van der Waals surface area contributed by atoms with Crippen molar-refractivity contribution in [2.45, 2.75) is 6.42 Å². The molecule has 1 fully saturated rings. The molecule has 8 heteroatoms. The predicted octanol–water partition coefficient (Wildman–Crippen LogP) is 4.30. The molecule has 0 aliphatic carbocycles. The van der Waals surface area contributed by atoms with Crippen LogP contribution in [0.5, 0.6) is 0 Å². The summed E-state index contributed by atoms with van der Waals surface area (Å²) in [6.07, 6.45) is 0.873. The summed E-state index contributed by atoms with van der Waals surface area (Å²) in [5.74, 6) is -0.178. The Labute approximate surface area is 191 Å². The first kappa shape index (κ1) is 21.8. The third-order valence-electron chi connectivity index (χ3n) is 5.20. The van der Waals surface area contributed by atoms with E-state index in [0.717, 1.165) is 50.5 Å². The molecule has 1 aliphatic heterocycles. The second-order valence-electron chi connectivity index (χ2n) is 7.35. The average Bonchev–Trinajstić information content (AvgIpc) is 3.23. The first-order valence-electron chi connectivity index (χ1n) is 10.3. The molecule has 4 rings (SSSR count). The number of hydrogen-bond acceptors (Lipinski definition) is 4. The number of rotatable bonds is 7. The maximum absolute atomic E-state index is 13.0. The summed E-state index contributed by atoms with van der Waals surface area (Å²) in [4.78, 5) is 15.4. The highest BCUT2D eigenvalue weighted by molar-refractivity contribution is 6.33. The number of nitrogens with zero attached hydrogens (tertiary/aromatic N) is 3. The minimum absolute atomic E-state index is 0.178. The number of aromatic nitrogens is 2. The van der Waals surface area contributed by atoms with Gasteiger partial charge in [0.25, 0.3) is 5.91 Å². The lowest BCUT2D eigenvalue weighted by atomic mass is 10.1. The highest BCUT2D eigenvalue weighted by atomic mass is 35.5. The van der Waals surface area contributed by atoms with Crippen molar-refractivity contribution in [2.24, 2.45) is 0 Å². The van der Waals surface area contributed by atoms with Crippen LogP contribution in [0.2, 0.25) is 10.0 Å². The number of carbonyl (C=O) groups excluding carboxylic acids is 1. The van der Waals surface area contributed by atoms with Gasteiger partial charge in [0.05, 0.1) is 29.6 Å². The van der Waals surface area contributed by atoms with Crippen molar-refractivity contribution in [1.82, 2.24) is 20.0 Å². The summed E-state index contributed by atoms with van der Waals surface area (Å²) in [5.41, 5.74) is 2.61. The molecule has 0 bridgehead atoms. The van der Waals surface area contributed by atoms with E-state index < -0.39 is 0 Å². The van der Waals surface area contributed by atoms with Gasteiger partial charge in [-0.05, 0) is 49.4 Å². The summed E-state index contributed by atoms with van der Waals surface area (Å²) >= 11 is 12.4. The van der Waals surface area contributed by atoms with Crippen LogP contribution < -0.4 is 5.32 Å². The monoisotopic (exact) mass is 458 g/mol. The number of ether oxygens (including phenoxy) is 1. The maximum Gasteiger partial charge on any atom is 0.270 e. The molecule has 1 amide bonds. The maximum atomic E-state index is 13.0. The quantitative estimate of drug-likeness (QED) is 0.536. The van der Waals surface area contributed by atoms with Crippen LogP contribution in [-0.2, 0) is 4.74 Å². The van der Waals surface area contributed by atoms with Gasteiger partial charge in [0.15, 0.2) is 0 Å². The zero-order valence-corrected chi connectivity index (χ0v) is 18.6. The second-order valence-corrected chi connectivity index (χ2v) is 8.19. The van der Waals surface area contributed by atoms with Gasteiger partial charge in [-0.15, -0.1) is 0 Å². The van der Waals surface area contributed by atoms with Crippen molar-refractivity contribution >= 4 is 29.1 Å². The Morgan fingerprint density at radius 1 is 1.06 bits per heavy atom. The number of halogens is 2. The summed E-state index contributed by atoms with van der Waals surface area (Å²) in [5, 5.41) is 8.90. The molecule has 0 atom stereocenters. The molecule has 2 aromatic carbocycles. The zero-order valence-electron chi connectivity index (χ0n) is 17.1. The van der Waals surface area contributed by atoms with Crippen LogP contribution in [0.1, 0.15) is 16.9 Å². The lowest BCUT2D eigenvalue weighted by Crippen LogP contribution is -2.38. The number of morpholine rings is 1. The van der Waals surface area contributed by atoms with Gasteiger partial charge in [0.2, 0.25) is 0 Å². The van der Waals surface area contributed by atoms with Crippen molar-refractivity contribution in [1.29, 1.82) is 0 Å². The van der Waals surface area contributed by atoms with E-state index in [9.17, 15) is 4.79 Å². The molecule has 2 heterocycles. The molecule has 0 radical (unpaired) electrons. The molecule has 0 saturated carbocycles. The van der Waals surface area contributed by atoms with Crippen LogP contribution in [0.3, 0.4) is 0 Å². The molecule has 162 valence electrons. The van der Waals surface area contributed by atoms with Crippen LogP contribution >= 0.6 is 23.2 Å². The van der Waals surface area contributed by atoms with Gasteiger partial charge in [0, 0.05) is 30.2 Å². The number of amides is 1. The van der Waals surface area contributed by atoms with E-state index in [1.807, 2.05) is 36.4 Å².